The van der Waals surface area contributed by atoms with Crippen molar-refractivity contribution in [1.29, 1.82) is 0 Å². The van der Waals surface area contributed by atoms with Gasteiger partial charge in [0.15, 0.2) is 0 Å². The fourth-order valence-electron chi connectivity index (χ4n) is 4.58. The van der Waals surface area contributed by atoms with Crippen molar-refractivity contribution in [3.8, 4) is 0 Å². The zero-order valence-electron chi connectivity index (χ0n) is 18.0. The van der Waals surface area contributed by atoms with Crippen molar-refractivity contribution >= 4 is 12.0 Å². The third-order valence-corrected chi connectivity index (χ3v) is 6.25. The van der Waals surface area contributed by atoms with Crippen LogP contribution in [0.4, 0.5) is 0 Å². The Labute approximate surface area is 184 Å². The highest BCUT2D eigenvalue weighted by atomic mass is 16.3. The summed E-state index contributed by atoms with van der Waals surface area (Å²) in [6, 6.07) is 14.5. The van der Waals surface area contributed by atoms with Crippen LogP contribution in [-0.2, 0) is 19.4 Å². The van der Waals surface area contributed by atoms with E-state index >= 15 is 0 Å². The van der Waals surface area contributed by atoms with Crippen LogP contribution in [0.3, 0.4) is 0 Å². The van der Waals surface area contributed by atoms with E-state index in [9.17, 15) is 9.90 Å². The molecular weight excluding hydrogens is 388 g/mol. The second-order valence-corrected chi connectivity index (χ2v) is 8.59. The van der Waals surface area contributed by atoms with Gasteiger partial charge in [-0.05, 0) is 54.0 Å². The third-order valence-electron chi connectivity index (χ3n) is 6.25. The van der Waals surface area contributed by atoms with Crippen molar-refractivity contribution in [2.45, 2.75) is 38.3 Å². The maximum absolute atomic E-state index is 13.0. The van der Waals surface area contributed by atoms with E-state index in [1.807, 2.05) is 18.2 Å². The first-order valence-corrected chi connectivity index (χ1v) is 11.3. The maximum Gasteiger partial charge on any atom is 0.254 e. The van der Waals surface area contributed by atoms with E-state index in [1.165, 1.54) is 11.1 Å². The summed E-state index contributed by atoms with van der Waals surface area (Å²) >= 11 is 0. The van der Waals surface area contributed by atoms with Crippen molar-refractivity contribution in [2.24, 2.45) is 0 Å². The molecule has 1 amide bonds. The number of fused-ring (bicyclic) bond motifs is 2. The topological polar surface area (TPSA) is 64.0 Å². The Hall–Kier alpha value is -2.47. The van der Waals surface area contributed by atoms with Crippen LogP contribution in [-0.4, -0.2) is 64.8 Å². The van der Waals surface area contributed by atoms with E-state index in [0.717, 1.165) is 55.5 Å². The highest BCUT2D eigenvalue weighted by Gasteiger charge is 2.27. The van der Waals surface area contributed by atoms with Crippen LogP contribution in [0.25, 0.3) is 6.08 Å². The van der Waals surface area contributed by atoms with Crippen LogP contribution >= 0.6 is 0 Å². The Balaban J connectivity index is 1.32. The number of carbonyl (C=O) groups excluding carboxylic acids is 1. The highest BCUT2D eigenvalue weighted by molar-refractivity contribution is 5.97. The van der Waals surface area contributed by atoms with Crippen LogP contribution in [0, 0.1) is 0 Å². The maximum atomic E-state index is 13.0. The highest BCUT2D eigenvalue weighted by Crippen LogP contribution is 2.22. The molecule has 2 aliphatic heterocycles. The summed E-state index contributed by atoms with van der Waals surface area (Å²) in [6.45, 7) is 3.61. The zero-order chi connectivity index (χ0) is 21.6. The first kappa shape index (κ1) is 21.8. The lowest BCUT2D eigenvalue weighted by molar-refractivity contribution is 0.0493. The van der Waals surface area contributed by atoms with Gasteiger partial charge < -0.3 is 15.1 Å². The van der Waals surface area contributed by atoms with Crippen LogP contribution in [0.2, 0.25) is 0 Å². The van der Waals surface area contributed by atoms with Crippen LogP contribution < -0.4 is 0 Å². The summed E-state index contributed by atoms with van der Waals surface area (Å²) in [6.07, 6.45) is 6.99. The number of aliphatic hydroxyl groups excluding tert-OH is 2. The lowest BCUT2D eigenvalue weighted by Crippen LogP contribution is -2.46. The van der Waals surface area contributed by atoms with Gasteiger partial charge in [0, 0.05) is 44.9 Å². The fraction of sp³-hybridized carbons (Fsp3) is 0.423. The number of hydrogen-bond donors (Lipinski definition) is 2. The minimum absolute atomic E-state index is 0.0140. The number of amides is 1. The molecular formula is C26H32N2O3. The van der Waals surface area contributed by atoms with Crippen molar-refractivity contribution in [3.05, 3.63) is 76.4 Å². The molecule has 0 spiro atoms. The molecule has 0 bridgehead atoms. The number of carbonyl (C=O) groups is 1. The molecule has 0 fully saturated rings. The van der Waals surface area contributed by atoms with Crippen molar-refractivity contribution in [1.82, 2.24) is 9.80 Å². The molecule has 2 aliphatic rings. The molecule has 0 radical (unpaired) electrons. The van der Waals surface area contributed by atoms with Gasteiger partial charge >= 0.3 is 0 Å². The monoisotopic (exact) mass is 420 g/mol. The Bertz CT molecular complexity index is 940. The molecule has 164 valence electrons. The minimum atomic E-state index is -0.551. The molecule has 2 aromatic rings. The quantitative estimate of drug-likeness (QED) is 0.645. The molecule has 0 saturated carbocycles. The van der Waals surface area contributed by atoms with Gasteiger partial charge in [-0.15, -0.1) is 0 Å². The Morgan fingerprint density at radius 1 is 1.00 bits per heavy atom. The average molecular weight is 421 g/mol. The second-order valence-electron chi connectivity index (χ2n) is 8.59. The van der Waals surface area contributed by atoms with E-state index in [0.29, 0.717) is 19.6 Å². The smallest absolute Gasteiger partial charge is 0.254 e. The molecule has 4 rings (SSSR count). The van der Waals surface area contributed by atoms with E-state index in [2.05, 4.69) is 41.3 Å². The van der Waals surface area contributed by atoms with E-state index < -0.39 is 6.10 Å². The molecule has 2 N–H and O–H groups in total. The number of aliphatic hydroxyl groups is 2. The number of benzene rings is 2. The van der Waals surface area contributed by atoms with Crippen molar-refractivity contribution < 1.29 is 15.0 Å². The molecule has 5 heteroatoms. The summed E-state index contributed by atoms with van der Waals surface area (Å²) in [5, 5.41) is 19.6. The lowest BCUT2D eigenvalue weighted by Gasteiger charge is -2.34. The summed E-state index contributed by atoms with van der Waals surface area (Å²) < 4.78 is 0. The van der Waals surface area contributed by atoms with Crippen LogP contribution in [0.15, 0.2) is 48.5 Å². The van der Waals surface area contributed by atoms with Crippen LogP contribution in [0.1, 0.15) is 45.5 Å². The lowest BCUT2D eigenvalue weighted by atomic mass is 9.96. The van der Waals surface area contributed by atoms with E-state index in [-0.39, 0.29) is 12.5 Å². The Kier molecular flexibility index (Phi) is 7.17. The van der Waals surface area contributed by atoms with E-state index in [1.54, 1.807) is 4.90 Å². The van der Waals surface area contributed by atoms with Gasteiger partial charge in [0.25, 0.3) is 5.91 Å². The minimum Gasteiger partial charge on any atom is -0.396 e. The normalized spacial score (nSPS) is 17.6. The number of β-amino-alcohol motifs (C(OH)–C–C–N with tert-alkyl or cyclic N) is 1. The molecule has 5 nitrogen and oxygen atoms in total. The van der Waals surface area contributed by atoms with Gasteiger partial charge in [0.05, 0.1) is 6.10 Å². The second kappa shape index (κ2) is 10.2. The summed E-state index contributed by atoms with van der Waals surface area (Å²) in [5.41, 5.74) is 5.65. The first-order chi connectivity index (χ1) is 15.1. The largest absolute Gasteiger partial charge is 0.396 e. The average Bonchev–Trinajstić information content (AvgIpc) is 2.78. The first-order valence-electron chi connectivity index (χ1n) is 11.3. The number of allylic oxidation sites excluding steroid dienone is 1. The Morgan fingerprint density at radius 3 is 2.65 bits per heavy atom. The van der Waals surface area contributed by atoms with Gasteiger partial charge in [-0.1, -0.05) is 48.6 Å². The van der Waals surface area contributed by atoms with Crippen molar-refractivity contribution in [3.63, 3.8) is 0 Å². The molecule has 31 heavy (non-hydrogen) atoms. The molecule has 2 aromatic carbocycles. The third kappa shape index (κ3) is 5.42. The number of nitrogens with zero attached hydrogens (tertiary/aromatic N) is 2. The number of rotatable bonds is 8. The van der Waals surface area contributed by atoms with Gasteiger partial charge in [0.2, 0.25) is 0 Å². The van der Waals surface area contributed by atoms with Crippen molar-refractivity contribution in [2.75, 3.05) is 32.8 Å². The molecule has 0 unspecified atom stereocenters. The van der Waals surface area contributed by atoms with Gasteiger partial charge in [-0.25, -0.2) is 0 Å². The summed E-state index contributed by atoms with van der Waals surface area (Å²) in [5.74, 6) is 0.0140. The van der Waals surface area contributed by atoms with E-state index in [4.69, 9.17) is 5.11 Å². The molecule has 0 saturated heterocycles. The van der Waals surface area contributed by atoms with Gasteiger partial charge in [0.1, 0.15) is 0 Å². The molecule has 2 heterocycles. The summed E-state index contributed by atoms with van der Waals surface area (Å²) in [4.78, 5) is 17.0. The molecule has 0 aromatic heterocycles. The standard InChI is InChI=1S/C26H32N2O3/c29-15-5-1-2-6-20-9-10-25-22(16-20)12-14-28(26(25)31)19-24(30)18-27-13-11-21-7-3-4-8-23(21)17-27/h2-4,6-10,16,24,29-30H,1,5,11-15,17-19H2/t24-/m1/s1. The summed E-state index contributed by atoms with van der Waals surface area (Å²) in [7, 11) is 0. The predicted octanol–water partition coefficient (Wildman–Crippen LogP) is 2.89. The van der Waals surface area contributed by atoms with Crippen LogP contribution in [0.5, 0.6) is 0 Å². The number of hydrogen-bond acceptors (Lipinski definition) is 4. The zero-order valence-corrected chi connectivity index (χ0v) is 18.0. The SMILES string of the molecule is O=C1c2ccc(C=CCCCO)cc2CCN1C[C@H](O)CN1CCc2ccccc2C1. The predicted molar refractivity (Wildman–Crippen MR) is 123 cm³/mol. The van der Waals surface area contributed by atoms with Gasteiger partial charge in [-0.3, -0.25) is 9.69 Å². The Morgan fingerprint density at radius 2 is 1.81 bits per heavy atom. The van der Waals surface area contributed by atoms with Gasteiger partial charge in [-0.2, -0.15) is 0 Å². The fourth-order valence-corrected chi connectivity index (χ4v) is 4.58. The number of unbranched alkanes of at least 4 members (excludes halogenated alkanes) is 1. The molecule has 0 aliphatic carbocycles. The molecule has 1 atom stereocenters.